The molecule has 0 amide bonds. The zero-order valence-corrected chi connectivity index (χ0v) is 11.9. The van der Waals surface area contributed by atoms with E-state index in [-0.39, 0.29) is 0 Å². The molecule has 4 heteroatoms. The second kappa shape index (κ2) is 5.55. The van der Waals surface area contributed by atoms with Crippen LogP contribution < -0.4 is 10.2 Å². The first kappa shape index (κ1) is 13.1. The van der Waals surface area contributed by atoms with E-state index in [1.807, 2.05) is 20.0 Å². The van der Waals surface area contributed by atoms with E-state index in [0.29, 0.717) is 6.04 Å². The molecule has 0 bridgehead atoms. The van der Waals surface area contributed by atoms with E-state index in [1.54, 1.807) is 0 Å². The maximum absolute atomic E-state index is 4.55. The van der Waals surface area contributed by atoms with Crippen LogP contribution in [0.5, 0.6) is 0 Å². The molecule has 0 aromatic carbocycles. The van der Waals surface area contributed by atoms with Crippen LogP contribution in [0.15, 0.2) is 6.07 Å². The molecule has 0 saturated heterocycles. The van der Waals surface area contributed by atoms with E-state index in [9.17, 15) is 0 Å². The summed E-state index contributed by atoms with van der Waals surface area (Å²) in [5, 5.41) is 3.10. The zero-order valence-electron chi connectivity index (χ0n) is 11.9. The van der Waals surface area contributed by atoms with Gasteiger partial charge in [-0.2, -0.15) is 0 Å². The molecule has 0 unspecified atom stereocenters. The summed E-state index contributed by atoms with van der Waals surface area (Å²) in [5.74, 6) is 3.64. The third-order valence-corrected chi connectivity index (χ3v) is 3.98. The minimum Gasteiger partial charge on any atom is -0.373 e. The van der Waals surface area contributed by atoms with E-state index in [2.05, 4.69) is 34.2 Å². The number of hydrogen-bond acceptors (Lipinski definition) is 4. The Morgan fingerprint density at radius 3 is 2.50 bits per heavy atom. The number of hydrogen-bond donors (Lipinski definition) is 1. The fraction of sp³-hybridized carbons (Fsp3) is 0.714. The molecule has 1 saturated carbocycles. The molecular formula is C14H24N4. The Morgan fingerprint density at radius 2 is 1.89 bits per heavy atom. The molecule has 100 valence electrons. The number of nitrogens with zero attached hydrogens (tertiary/aromatic N) is 3. The van der Waals surface area contributed by atoms with Crippen LogP contribution >= 0.6 is 0 Å². The molecule has 18 heavy (non-hydrogen) atoms. The standard InChI is InChI=1S/C14H24N4/c1-10-5-7-12(8-6-10)18(4)14-9-13(15-3)16-11(2)17-14/h9-10,12H,5-8H2,1-4H3,(H,15,16,17). The summed E-state index contributed by atoms with van der Waals surface area (Å²) >= 11 is 0. The first-order valence-electron chi connectivity index (χ1n) is 6.86. The lowest BCUT2D eigenvalue weighted by Crippen LogP contribution is -2.35. The fourth-order valence-corrected chi connectivity index (χ4v) is 2.68. The molecule has 0 radical (unpaired) electrons. The second-order valence-corrected chi connectivity index (χ2v) is 5.43. The minimum atomic E-state index is 0.625. The van der Waals surface area contributed by atoms with Crippen molar-refractivity contribution in [3.63, 3.8) is 0 Å². The van der Waals surface area contributed by atoms with Gasteiger partial charge in [-0.3, -0.25) is 0 Å². The van der Waals surface area contributed by atoms with E-state index in [0.717, 1.165) is 23.4 Å². The molecule has 1 aromatic rings. The van der Waals surface area contributed by atoms with E-state index >= 15 is 0 Å². The Bertz CT molecular complexity index is 397. The first-order chi connectivity index (χ1) is 8.60. The van der Waals surface area contributed by atoms with Gasteiger partial charge in [-0.15, -0.1) is 0 Å². The average Bonchev–Trinajstić information content (AvgIpc) is 2.38. The van der Waals surface area contributed by atoms with Crippen molar-refractivity contribution >= 4 is 11.6 Å². The summed E-state index contributed by atoms with van der Waals surface area (Å²) < 4.78 is 0. The van der Waals surface area contributed by atoms with E-state index in [4.69, 9.17) is 0 Å². The summed E-state index contributed by atoms with van der Waals surface area (Å²) in [6, 6.07) is 2.66. The number of nitrogens with one attached hydrogen (secondary N) is 1. The Kier molecular flexibility index (Phi) is 4.04. The Morgan fingerprint density at radius 1 is 1.22 bits per heavy atom. The predicted molar refractivity (Wildman–Crippen MR) is 76.1 cm³/mol. The average molecular weight is 248 g/mol. The predicted octanol–water partition coefficient (Wildman–Crippen LogP) is 2.84. The molecule has 2 rings (SSSR count). The number of anilines is 2. The lowest BCUT2D eigenvalue weighted by Gasteiger charge is -2.34. The van der Waals surface area contributed by atoms with Gasteiger partial charge in [0.2, 0.25) is 0 Å². The van der Waals surface area contributed by atoms with Gasteiger partial charge < -0.3 is 10.2 Å². The van der Waals surface area contributed by atoms with Crippen molar-refractivity contribution in [1.82, 2.24) is 9.97 Å². The van der Waals surface area contributed by atoms with Gasteiger partial charge in [0.25, 0.3) is 0 Å². The van der Waals surface area contributed by atoms with Crippen LogP contribution in [0.3, 0.4) is 0 Å². The molecule has 1 aromatic heterocycles. The molecular weight excluding hydrogens is 224 g/mol. The smallest absolute Gasteiger partial charge is 0.134 e. The quantitative estimate of drug-likeness (QED) is 0.893. The van der Waals surface area contributed by atoms with Crippen LogP contribution in [-0.2, 0) is 0 Å². The second-order valence-electron chi connectivity index (χ2n) is 5.43. The highest BCUT2D eigenvalue weighted by molar-refractivity contribution is 5.49. The summed E-state index contributed by atoms with van der Waals surface area (Å²) in [6.45, 7) is 4.30. The van der Waals surface area contributed by atoms with Gasteiger partial charge in [0, 0.05) is 26.2 Å². The van der Waals surface area contributed by atoms with Crippen molar-refractivity contribution in [3.8, 4) is 0 Å². The van der Waals surface area contributed by atoms with Crippen molar-refractivity contribution in [1.29, 1.82) is 0 Å². The number of rotatable bonds is 3. The molecule has 0 spiro atoms. The van der Waals surface area contributed by atoms with E-state index in [1.165, 1.54) is 25.7 Å². The lowest BCUT2D eigenvalue weighted by molar-refractivity contribution is 0.340. The first-order valence-corrected chi connectivity index (χ1v) is 6.86. The normalized spacial score (nSPS) is 23.8. The lowest BCUT2D eigenvalue weighted by atomic mass is 9.87. The van der Waals surface area contributed by atoms with Gasteiger partial charge in [0.15, 0.2) is 0 Å². The van der Waals surface area contributed by atoms with Crippen LogP contribution in [0.2, 0.25) is 0 Å². The van der Waals surface area contributed by atoms with Crippen LogP contribution in [0.25, 0.3) is 0 Å². The molecule has 1 aliphatic rings. The highest BCUT2D eigenvalue weighted by atomic mass is 15.2. The van der Waals surface area contributed by atoms with Gasteiger partial charge in [-0.25, -0.2) is 9.97 Å². The Labute approximate surface area is 110 Å². The summed E-state index contributed by atoms with van der Waals surface area (Å²) in [6.07, 6.45) is 5.21. The minimum absolute atomic E-state index is 0.625. The molecule has 4 nitrogen and oxygen atoms in total. The van der Waals surface area contributed by atoms with Crippen molar-refractivity contribution in [2.45, 2.75) is 45.6 Å². The summed E-state index contributed by atoms with van der Waals surface area (Å²) in [5.41, 5.74) is 0. The SMILES string of the molecule is CNc1cc(N(C)C2CCC(C)CC2)nc(C)n1. The van der Waals surface area contributed by atoms with Gasteiger partial charge in [-0.05, 0) is 38.5 Å². The van der Waals surface area contributed by atoms with Crippen molar-refractivity contribution in [3.05, 3.63) is 11.9 Å². The van der Waals surface area contributed by atoms with Gasteiger partial charge in [0.05, 0.1) is 0 Å². The van der Waals surface area contributed by atoms with Gasteiger partial charge in [-0.1, -0.05) is 6.92 Å². The van der Waals surface area contributed by atoms with Gasteiger partial charge >= 0.3 is 0 Å². The van der Waals surface area contributed by atoms with Crippen LogP contribution in [-0.4, -0.2) is 30.1 Å². The molecule has 0 atom stereocenters. The fourth-order valence-electron chi connectivity index (χ4n) is 2.68. The van der Waals surface area contributed by atoms with Crippen molar-refractivity contribution in [2.24, 2.45) is 5.92 Å². The highest BCUT2D eigenvalue weighted by Gasteiger charge is 2.22. The third kappa shape index (κ3) is 2.92. The van der Waals surface area contributed by atoms with Crippen LogP contribution in [0, 0.1) is 12.8 Å². The molecule has 1 fully saturated rings. The number of aromatic nitrogens is 2. The van der Waals surface area contributed by atoms with E-state index < -0.39 is 0 Å². The maximum atomic E-state index is 4.55. The monoisotopic (exact) mass is 248 g/mol. The maximum Gasteiger partial charge on any atom is 0.134 e. The highest BCUT2D eigenvalue weighted by Crippen LogP contribution is 2.29. The molecule has 1 N–H and O–H groups in total. The topological polar surface area (TPSA) is 41.0 Å². The Hall–Kier alpha value is -1.32. The third-order valence-electron chi connectivity index (χ3n) is 3.98. The largest absolute Gasteiger partial charge is 0.373 e. The van der Waals surface area contributed by atoms with Gasteiger partial charge in [0.1, 0.15) is 17.5 Å². The zero-order chi connectivity index (χ0) is 13.1. The number of aryl methyl sites for hydroxylation is 1. The van der Waals surface area contributed by atoms with Crippen molar-refractivity contribution < 1.29 is 0 Å². The molecule has 1 heterocycles. The summed E-state index contributed by atoms with van der Waals surface area (Å²) in [7, 11) is 4.05. The Balaban J connectivity index is 2.12. The molecule has 0 aliphatic heterocycles. The van der Waals surface area contributed by atoms with Crippen LogP contribution in [0.4, 0.5) is 11.6 Å². The van der Waals surface area contributed by atoms with Crippen molar-refractivity contribution in [2.75, 3.05) is 24.3 Å². The molecule has 1 aliphatic carbocycles. The summed E-state index contributed by atoms with van der Waals surface area (Å²) in [4.78, 5) is 11.2. The van der Waals surface area contributed by atoms with Crippen LogP contribution in [0.1, 0.15) is 38.4 Å².